The minimum atomic E-state index is -0.412. The molecule has 16 heavy (non-hydrogen) atoms. The topological polar surface area (TPSA) is 61.0 Å². The monoisotopic (exact) mass is 217 g/mol. The van der Waals surface area contributed by atoms with E-state index < -0.39 is 4.92 Å². The molecule has 0 N–H and O–H groups in total. The summed E-state index contributed by atoms with van der Waals surface area (Å²) in [5.41, 5.74) is 0.897. The fraction of sp³-hybridized carbons (Fsp3) is 0.364. The summed E-state index contributed by atoms with van der Waals surface area (Å²) in [4.78, 5) is 14.4. The van der Waals surface area contributed by atoms with Crippen molar-refractivity contribution in [2.45, 2.75) is 19.4 Å². The van der Waals surface area contributed by atoms with Crippen molar-refractivity contribution in [3.05, 3.63) is 34.6 Å². The molecule has 5 heteroatoms. The highest BCUT2D eigenvalue weighted by Gasteiger charge is 2.22. The molecule has 0 amide bonds. The van der Waals surface area contributed by atoms with E-state index in [9.17, 15) is 10.1 Å². The fourth-order valence-electron chi connectivity index (χ4n) is 1.89. The van der Waals surface area contributed by atoms with Crippen molar-refractivity contribution in [2.75, 3.05) is 0 Å². The lowest BCUT2D eigenvalue weighted by Gasteiger charge is -2.01. The molecular formula is C11H11N3O2. The predicted octanol–water partition coefficient (Wildman–Crippen LogP) is 2.35. The van der Waals surface area contributed by atoms with Gasteiger partial charge in [-0.3, -0.25) is 10.1 Å². The molecule has 3 rings (SSSR count). The molecule has 82 valence electrons. The molecule has 2 heterocycles. The zero-order valence-corrected chi connectivity index (χ0v) is 8.67. The lowest BCUT2D eigenvalue weighted by atomic mass is 10.3. The Morgan fingerprint density at radius 3 is 3.06 bits per heavy atom. The first kappa shape index (κ1) is 9.33. The number of hydrogen-bond acceptors (Lipinski definition) is 3. The van der Waals surface area contributed by atoms with Gasteiger partial charge < -0.3 is 4.57 Å². The van der Waals surface area contributed by atoms with Crippen LogP contribution in [0.25, 0.3) is 11.0 Å². The van der Waals surface area contributed by atoms with Crippen molar-refractivity contribution in [3.8, 4) is 0 Å². The number of fused-ring (bicyclic) bond motifs is 1. The Morgan fingerprint density at radius 2 is 2.38 bits per heavy atom. The van der Waals surface area contributed by atoms with Gasteiger partial charge in [0.05, 0.1) is 4.92 Å². The Balaban J connectivity index is 2.02. The Hall–Kier alpha value is -1.91. The summed E-state index contributed by atoms with van der Waals surface area (Å²) >= 11 is 0. The van der Waals surface area contributed by atoms with E-state index in [-0.39, 0.29) is 5.69 Å². The number of nitro groups is 1. The molecule has 1 saturated carbocycles. The molecule has 2 aromatic rings. The average molecular weight is 217 g/mol. The molecule has 0 bridgehead atoms. The van der Waals surface area contributed by atoms with Crippen LogP contribution >= 0.6 is 0 Å². The van der Waals surface area contributed by atoms with Gasteiger partial charge >= 0.3 is 0 Å². The molecule has 1 fully saturated rings. The summed E-state index contributed by atoms with van der Waals surface area (Å²) in [6.07, 6.45) is 5.85. The second-order valence-corrected chi connectivity index (χ2v) is 4.27. The predicted molar refractivity (Wildman–Crippen MR) is 59.1 cm³/mol. The largest absolute Gasteiger partial charge is 0.332 e. The lowest BCUT2D eigenvalue weighted by Crippen LogP contribution is -1.99. The summed E-state index contributed by atoms with van der Waals surface area (Å²) in [5, 5.41) is 11.4. The van der Waals surface area contributed by atoms with E-state index in [1.807, 2.05) is 12.3 Å². The average Bonchev–Trinajstić information content (AvgIpc) is 2.99. The Labute approximate surface area is 91.9 Å². The van der Waals surface area contributed by atoms with Crippen molar-refractivity contribution in [1.82, 2.24) is 9.55 Å². The van der Waals surface area contributed by atoms with Crippen molar-refractivity contribution in [2.24, 2.45) is 5.92 Å². The van der Waals surface area contributed by atoms with Gasteiger partial charge in [-0.05, 0) is 24.8 Å². The smallest absolute Gasteiger partial charge is 0.288 e. The highest BCUT2D eigenvalue weighted by atomic mass is 16.6. The normalized spacial score (nSPS) is 15.5. The Kier molecular flexibility index (Phi) is 1.92. The molecule has 0 radical (unpaired) electrons. The number of hydrogen-bond donors (Lipinski definition) is 0. The van der Waals surface area contributed by atoms with Crippen molar-refractivity contribution in [3.63, 3.8) is 0 Å². The fourth-order valence-corrected chi connectivity index (χ4v) is 1.89. The minimum absolute atomic E-state index is 0.0525. The van der Waals surface area contributed by atoms with Crippen LogP contribution in [0.1, 0.15) is 12.8 Å². The zero-order chi connectivity index (χ0) is 11.1. The van der Waals surface area contributed by atoms with Gasteiger partial charge in [-0.25, -0.2) is 4.98 Å². The first-order chi connectivity index (χ1) is 7.74. The van der Waals surface area contributed by atoms with E-state index in [2.05, 4.69) is 9.55 Å². The SMILES string of the molecule is O=[N+]([O-])c1cnc2c(ccn2CC2CC2)c1. The summed E-state index contributed by atoms with van der Waals surface area (Å²) in [6.45, 7) is 0.980. The van der Waals surface area contributed by atoms with E-state index in [0.717, 1.165) is 23.5 Å². The molecule has 1 aliphatic rings. The van der Waals surface area contributed by atoms with E-state index in [0.29, 0.717) is 0 Å². The second-order valence-electron chi connectivity index (χ2n) is 4.27. The van der Waals surface area contributed by atoms with E-state index in [4.69, 9.17) is 0 Å². The molecule has 0 aromatic carbocycles. The molecule has 2 aromatic heterocycles. The van der Waals surface area contributed by atoms with E-state index in [1.54, 1.807) is 6.07 Å². The number of rotatable bonds is 3. The maximum absolute atomic E-state index is 10.6. The maximum atomic E-state index is 10.6. The van der Waals surface area contributed by atoms with Crippen LogP contribution in [0, 0.1) is 16.0 Å². The molecule has 0 unspecified atom stereocenters. The number of nitrogens with zero attached hydrogens (tertiary/aromatic N) is 3. The third-order valence-electron chi connectivity index (χ3n) is 2.95. The summed E-state index contributed by atoms with van der Waals surface area (Å²) in [6, 6.07) is 3.46. The summed E-state index contributed by atoms with van der Waals surface area (Å²) in [7, 11) is 0. The molecule has 0 atom stereocenters. The third-order valence-corrected chi connectivity index (χ3v) is 2.95. The van der Waals surface area contributed by atoms with Crippen LogP contribution in [-0.2, 0) is 6.54 Å². The maximum Gasteiger partial charge on any atom is 0.288 e. The van der Waals surface area contributed by atoms with E-state index >= 15 is 0 Å². The summed E-state index contributed by atoms with van der Waals surface area (Å²) in [5.74, 6) is 0.771. The van der Waals surface area contributed by atoms with Crippen LogP contribution in [0.15, 0.2) is 24.5 Å². The van der Waals surface area contributed by atoms with Crippen LogP contribution in [0.3, 0.4) is 0 Å². The van der Waals surface area contributed by atoms with Crippen LogP contribution in [0.4, 0.5) is 5.69 Å². The van der Waals surface area contributed by atoms with Gasteiger partial charge in [-0.1, -0.05) is 0 Å². The molecule has 1 aliphatic carbocycles. The molecule has 5 nitrogen and oxygen atoms in total. The van der Waals surface area contributed by atoms with Gasteiger partial charge in [0.25, 0.3) is 5.69 Å². The van der Waals surface area contributed by atoms with E-state index in [1.165, 1.54) is 19.0 Å². The first-order valence-electron chi connectivity index (χ1n) is 5.33. The molecule has 0 aliphatic heterocycles. The zero-order valence-electron chi connectivity index (χ0n) is 8.67. The van der Waals surface area contributed by atoms with Crippen LogP contribution in [0.2, 0.25) is 0 Å². The van der Waals surface area contributed by atoms with Crippen LogP contribution in [0.5, 0.6) is 0 Å². The Bertz CT molecular complexity index is 557. The molecule has 0 saturated heterocycles. The van der Waals surface area contributed by atoms with Crippen LogP contribution < -0.4 is 0 Å². The quantitative estimate of drug-likeness (QED) is 0.585. The number of aromatic nitrogens is 2. The molecular weight excluding hydrogens is 206 g/mol. The van der Waals surface area contributed by atoms with Crippen LogP contribution in [-0.4, -0.2) is 14.5 Å². The van der Waals surface area contributed by atoms with Gasteiger partial charge in [0.2, 0.25) is 0 Å². The van der Waals surface area contributed by atoms with Gasteiger partial charge in [0.1, 0.15) is 11.8 Å². The third kappa shape index (κ3) is 1.54. The van der Waals surface area contributed by atoms with Gasteiger partial charge in [0.15, 0.2) is 0 Å². The number of pyridine rings is 1. The van der Waals surface area contributed by atoms with Gasteiger partial charge in [-0.2, -0.15) is 0 Å². The minimum Gasteiger partial charge on any atom is -0.332 e. The highest BCUT2D eigenvalue weighted by molar-refractivity contribution is 5.78. The van der Waals surface area contributed by atoms with Crippen molar-refractivity contribution >= 4 is 16.7 Å². The summed E-state index contributed by atoms with van der Waals surface area (Å²) < 4.78 is 2.08. The first-order valence-corrected chi connectivity index (χ1v) is 5.33. The Morgan fingerprint density at radius 1 is 1.56 bits per heavy atom. The highest BCUT2D eigenvalue weighted by Crippen LogP contribution is 2.32. The van der Waals surface area contributed by atoms with Gasteiger partial charge in [0, 0.05) is 24.2 Å². The van der Waals surface area contributed by atoms with Crippen molar-refractivity contribution in [1.29, 1.82) is 0 Å². The molecule has 0 spiro atoms. The van der Waals surface area contributed by atoms with Gasteiger partial charge in [-0.15, -0.1) is 0 Å². The lowest BCUT2D eigenvalue weighted by molar-refractivity contribution is -0.385. The second kappa shape index (κ2) is 3.30. The van der Waals surface area contributed by atoms with Crippen molar-refractivity contribution < 1.29 is 4.92 Å². The standard InChI is InChI=1S/C11H11N3O2/c15-14(16)10-5-9-3-4-13(7-8-1-2-8)11(9)12-6-10/h3-6,8H,1-2,7H2.